The van der Waals surface area contributed by atoms with Crippen molar-refractivity contribution in [1.82, 2.24) is 0 Å². The summed E-state index contributed by atoms with van der Waals surface area (Å²) in [5, 5.41) is 5.47. The van der Waals surface area contributed by atoms with Gasteiger partial charge in [0.05, 0.1) is 13.1 Å². The zero-order valence-electron chi connectivity index (χ0n) is 12.7. The Morgan fingerprint density at radius 2 is 1.33 bits per heavy atom. The summed E-state index contributed by atoms with van der Waals surface area (Å²) in [6, 6.07) is 22.0. The first-order valence-electron chi connectivity index (χ1n) is 7.61. The molecule has 0 atom stereocenters. The number of hydrogen-bond donors (Lipinski definition) is 1. The van der Waals surface area contributed by atoms with E-state index in [2.05, 4.69) is 72.9 Å². The van der Waals surface area contributed by atoms with Crippen LogP contribution in [-0.2, 0) is 0 Å². The number of halogens is 1. The number of nitrogens with two attached hydrogens (primary N) is 1. The summed E-state index contributed by atoms with van der Waals surface area (Å²) in [7, 11) is -0.203. The summed E-state index contributed by atoms with van der Waals surface area (Å²) < 4.78 is 0. The van der Waals surface area contributed by atoms with Gasteiger partial charge in [-0.25, -0.2) is 0 Å². The molecular weight excluding hydrogens is 297 g/mol. The minimum absolute atomic E-state index is 0. The van der Waals surface area contributed by atoms with E-state index in [1.807, 2.05) is 0 Å². The summed E-state index contributed by atoms with van der Waals surface area (Å²) in [5.41, 5.74) is 0. The van der Waals surface area contributed by atoms with Crippen LogP contribution in [0.25, 0.3) is 0 Å². The van der Waals surface area contributed by atoms with Crippen LogP contribution in [-0.4, -0.2) is 19.3 Å². The lowest BCUT2D eigenvalue weighted by atomic mass is 10.3. The number of unbranched alkanes of at least 4 members (excludes halogenated alkanes) is 1. The lowest BCUT2D eigenvalue weighted by Crippen LogP contribution is -3.00. The van der Waals surface area contributed by atoms with E-state index >= 15 is 0 Å². The Morgan fingerprint density at radius 3 is 1.81 bits per heavy atom. The van der Waals surface area contributed by atoms with Crippen molar-refractivity contribution < 1.29 is 17.7 Å². The van der Waals surface area contributed by atoms with Crippen LogP contribution in [0.5, 0.6) is 0 Å². The Kier molecular flexibility index (Phi) is 9.34. The molecule has 0 saturated heterocycles. The SMILES string of the molecule is CCCC[NH2+]CCP(c1ccccc1)c1ccccc1.[Cl-]. The van der Waals surface area contributed by atoms with Gasteiger partial charge in [-0.15, -0.1) is 0 Å². The highest BCUT2D eigenvalue weighted by atomic mass is 35.5. The number of hydrogen-bond acceptors (Lipinski definition) is 0. The molecule has 3 heteroatoms. The van der Waals surface area contributed by atoms with Crippen LogP contribution in [0.1, 0.15) is 19.8 Å². The molecule has 2 aromatic rings. The van der Waals surface area contributed by atoms with Crippen LogP contribution in [0.4, 0.5) is 0 Å². The first-order valence-corrected chi connectivity index (χ1v) is 9.14. The zero-order valence-corrected chi connectivity index (χ0v) is 14.4. The standard InChI is InChI=1S/C18H24NP.ClH/c1-2-3-14-19-15-16-20(17-10-6-4-7-11-17)18-12-8-5-9-13-18;/h4-13,19H,2-3,14-16H2,1H3;1H. The number of quaternary nitrogens is 1. The average Bonchev–Trinajstić information content (AvgIpc) is 2.53. The Hall–Kier alpha value is -0.880. The van der Waals surface area contributed by atoms with Crippen LogP contribution in [0.15, 0.2) is 60.7 Å². The van der Waals surface area contributed by atoms with Crippen LogP contribution in [0, 0.1) is 0 Å². The molecule has 2 aromatic carbocycles. The first-order chi connectivity index (χ1) is 9.92. The van der Waals surface area contributed by atoms with E-state index in [0.717, 1.165) is 0 Å². The molecule has 21 heavy (non-hydrogen) atoms. The van der Waals surface area contributed by atoms with Gasteiger partial charge >= 0.3 is 0 Å². The molecule has 114 valence electrons. The maximum Gasteiger partial charge on any atom is 0.0801 e. The van der Waals surface area contributed by atoms with Crippen LogP contribution >= 0.6 is 7.92 Å². The number of rotatable bonds is 8. The predicted molar refractivity (Wildman–Crippen MR) is 90.5 cm³/mol. The minimum atomic E-state index is -0.203. The maximum atomic E-state index is 2.48. The molecular formula is C18H25ClNP. The third-order valence-electron chi connectivity index (χ3n) is 3.45. The fourth-order valence-corrected chi connectivity index (χ4v) is 4.66. The van der Waals surface area contributed by atoms with Crippen molar-refractivity contribution in [2.45, 2.75) is 19.8 Å². The fourth-order valence-electron chi connectivity index (χ4n) is 2.34. The molecule has 0 radical (unpaired) electrons. The monoisotopic (exact) mass is 321 g/mol. The normalized spacial score (nSPS) is 10.4. The molecule has 2 N–H and O–H groups in total. The highest BCUT2D eigenvalue weighted by molar-refractivity contribution is 7.73. The highest BCUT2D eigenvalue weighted by Gasteiger charge is 2.13. The maximum absolute atomic E-state index is 2.48. The van der Waals surface area contributed by atoms with Crippen LogP contribution < -0.4 is 28.3 Å². The molecule has 0 aromatic heterocycles. The molecule has 0 saturated carbocycles. The average molecular weight is 322 g/mol. The van der Waals surface area contributed by atoms with Gasteiger partial charge in [-0.1, -0.05) is 74.0 Å². The van der Waals surface area contributed by atoms with Gasteiger partial charge in [0.15, 0.2) is 0 Å². The fraction of sp³-hybridized carbons (Fsp3) is 0.333. The Morgan fingerprint density at radius 1 is 0.810 bits per heavy atom. The van der Waals surface area contributed by atoms with Gasteiger partial charge in [0.1, 0.15) is 0 Å². The van der Waals surface area contributed by atoms with Gasteiger partial charge < -0.3 is 17.7 Å². The Labute approximate surface area is 136 Å². The molecule has 0 fully saturated rings. The molecule has 0 amide bonds. The second-order valence-electron chi connectivity index (χ2n) is 5.04. The quantitative estimate of drug-likeness (QED) is 0.498. The van der Waals surface area contributed by atoms with Gasteiger partial charge in [-0.3, -0.25) is 0 Å². The largest absolute Gasteiger partial charge is 1.00 e. The van der Waals surface area contributed by atoms with Crippen molar-refractivity contribution in [3.63, 3.8) is 0 Å². The highest BCUT2D eigenvalue weighted by Crippen LogP contribution is 2.32. The Balaban J connectivity index is 0.00000220. The van der Waals surface area contributed by atoms with Gasteiger partial charge in [0.2, 0.25) is 0 Å². The van der Waals surface area contributed by atoms with Gasteiger partial charge in [-0.2, -0.15) is 0 Å². The summed E-state index contributed by atoms with van der Waals surface area (Å²) in [6.07, 6.45) is 3.89. The summed E-state index contributed by atoms with van der Waals surface area (Å²) in [4.78, 5) is 0. The molecule has 0 unspecified atom stereocenters. The van der Waals surface area contributed by atoms with E-state index in [9.17, 15) is 0 Å². The van der Waals surface area contributed by atoms with E-state index in [0.29, 0.717) is 0 Å². The molecule has 2 rings (SSSR count). The van der Waals surface area contributed by atoms with Crippen LogP contribution in [0.2, 0.25) is 0 Å². The van der Waals surface area contributed by atoms with E-state index in [1.165, 1.54) is 42.7 Å². The predicted octanol–water partition coefficient (Wildman–Crippen LogP) is -0.513. The summed E-state index contributed by atoms with van der Waals surface area (Å²) in [5.74, 6) is 0. The van der Waals surface area contributed by atoms with Crippen molar-refractivity contribution in [2.75, 3.05) is 19.3 Å². The second kappa shape index (κ2) is 10.8. The molecule has 0 bridgehead atoms. The number of benzene rings is 2. The summed E-state index contributed by atoms with van der Waals surface area (Å²) in [6.45, 7) is 4.76. The minimum Gasteiger partial charge on any atom is -1.00 e. The van der Waals surface area contributed by atoms with Crippen LogP contribution in [0.3, 0.4) is 0 Å². The van der Waals surface area contributed by atoms with Gasteiger partial charge in [0.25, 0.3) is 0 Å². The third-order valence-corrected chi connectivity index (χ3v) is 6.00. The smallest absolute Gasteiger partial charge is 0.0801 e. The molecule has 0 aliphatic rings. The molecule has 0 aliphatic carbocycles. The molecule has 0 aliphatic heterocycles. The topological polar surface area (TPSA) is 16.6 Å². The lowest BCUT2D eigenvalue weighted by molar-refractivity contribution is -0.651. The zero-order chi connectivity index (χ0) is 14.0. The third kappa shape index (κ3) is 6.18. The van der Waals surface area contributed by atoms with E-state index in [-0.39, 0.29) is 20.3 Å². The van der Waals surface area contributed by atoms with Gasteiger partial charge in [-0.05, 0) is 25.0 Å². The van der Waals surface area contributed by atoms with Crippen molar-refractivity contribution in [3.05, 3.63) is 60.7 Å². The molecule has 0 spiro atoms. The summed E-state index contributed by atoms with van der Waals surface area (Å²) >= 11 is 0. The van der Waals surface area contributed by atoms with E-state index in [1.54, 1.807) is 0 Å². The Bertz CT molecular complexity index is 436. The van der Waals surface area contributed by atoms with Gasteiger partial charge in [0, 0.05) is 6.16 Å². The van der Waals surface area contributed by atoms with E-state index in [4.69, 9.17) is 0 Å². The van der Waals surface area contributed by atoms with E-state index < -0.39 is 0 Å². The van der Waals surface area contributed by atoms with Crippen molar-refractivity contribution in [2.24, 2.45) is 0 Å². The van der Waals surface area contributed by atoms with Crippen molar-refractivity contribution >= 4 is 18.5 Å². The van der Waals surface area contributed by atoms with Crippen molar-refractivity contribution in [1.29, 1.82) is 0 Å². The first kappa shape index (κ1) is 18.2. The lowest BCUT2D eigenvalue weighted by Gasteiger charge is -2.17. The molecule has 0 heterocycles. The second-order valence-corrected chi connectivity index (χ2v) is 7.38. The molecule has 1 nitrogen and oxygen atoms in total. The van der Waals surface area contributed by atoms with Crippen molar-refractivity contribution in [3.8, 4) is 0 Å².